The van der Waals surface area contributed by atoms with Crippen LogP contribution in [-0.2, 0) is 22.2 Å². The minimum absolute atomic E-state index is 0.0933. The van der Waals surface area contributed by atoms with Crippen molar-refractivity contribution in [2.75, 3.05) is 7.11 Å². The molecule has 7 nitrogen and oxygen atoms in total. The number of halogens is 3. The SMILES string of the molecule is CC.COC(=O)c1cccc(Oc2cc(CNC(=O)OC(C)(C)C)cc(C(F)(F)F)n2)c1. The number of hydrogen-bond donors (Lipinski definition) is 1. The quantitative estimate of drug-likeness (QED) is 0.578. The summed E-state index contributed by atoms with van der Waals surface area (Å²) in [7, 11) is 1.20. The molecule has 2 aromatic rings. The number of rotatable bonds is 5. The number of hydrogen-bond acceptors (Lipinski definition) is 6. The highest BCUT2D eigenvalue weighted by atomic mass is 19.4. The average Bonchev–Trinajstić information content (AvgIpc) is 2.71. The van der Waals surface area contributed by atoms with Crippen molar-refractivity contribution in [3.8, 4) is 11.6 Å². The summed E-state index contributed by atoms with van der Waals surface area (Å²) in [6, 6.07) is 7.76. The molecule has 1 aromatic carbocycles. The van der Waals surface area contributed by atoms with E-state index in [1.807, 2.05) is 13.8 Å². The molecule has 0 spiro atoms. The lowest BCUT2D eigenvalue weighted by molar-refractivity contribution is -0.141. The Bertz CT molecular complexity index is 925. The van der Waals surface area contributed by atoms with Crippen molar-refractivity contribution < 1.29 is 37.0 Å². The number of carbonyl (C=O) groups is 2. The number of ether oxygens (including phenoxy) is 3. The maximum absolute atomic E-state index is 13.2. The van der Waals surface area contributed by atoms with Crippen molar-refractivity contribution in [2.24, 2.45) is 0 Å². The molecule has 10 heteroatoms. The van der Waals surface area contributed by atoms with Gasteiger partial charge in [-0.05, 0) is 50.6 Å². The average molecular weight is 456 g/mol. The largest absolute Gasteiger partial charge is 0.465 e. The smallest absolute Gasteiger partial charge is 0.433 e. The van der Waals surface area contributed by atoms with Crippen LogP contribution < -0.4 is 10.1 Å². The molecule has 0 aliphatic heterocycles. The van der Waals surface area contributed by atoms with E-state index < -0.39 is 29.5 Å². The highest BCUT2D eigenvalue weighted by Crippen LogP contribution is 2.31. The van der Waals surface area contributed by atoms with Gasteiger partial charge in [0.15, 0.2) is 0 Å². The Labute approximate surface area is 184 Å². The number of pyridine rings is 1. The Balaban J connectivity index is 0.00000249. The predicted octanol–water partition coefficient (Wildman–Crippen LogP) is 5.73. The third kappa shape index (κ3) is 8.83. The zero-order chi connectivity index (χ0) is 24.5. The third-order valence-corrected chi connectivity index (χ3v) is 3.47. The van der Waals surface area contributed by atoms with Gasteiger partial charge in [0.1, 0.15) is 17.0 Å². The van der Waals surface area contributed by atoms with Gasteiger partial charge in [0.2, 0.25) is 5.88 Å². The van der Waals surface area contributed by atoms with Crippen molar-refractivity contribution in [2.45, 2.75) is 52.9 Å². The summed E-state index contributed by atoms with van der Waals surface area (Å²) in [4.78, 5) is 26.9. The van der Waals surface area contributed by atoms with Gasteiger partial charge in [-0.25, -0.2) is 14.6 Å². The summed E-state index contributed by atoms with van der Waals surface area (Å²) in [6.07, 6.45) is -5.51. The Morgan fingerprint density at radius 2 is 1.72 bits per heavy atom. The number of amides is 1. The van der Waals surface area contributed by atoms with Crippen molar-refractivity contribution in [3.63, 3.8) is 0 Å². The van der Waals surface area contributed by atoms with Crippen LogP contribution in [0.4, 0.5) is 18.0 Å². The summed E-state index contributed by atoms with van der Waals surface area (Å²) in [5, 5.41) is 2.38. The topological polar surface area (TPSA) is 86.8 Å². The number of esters is 1. The molecule has 0 saturated carbocycles. The van der Waals surface area contributed by atoms with Crippen LogP contribution in [0, 0.1) is 0 Å². The molecule has 0 saturated heterocycles. The lowest BCUT2D eigenvalue weighted by Crippen LogP contribution is -2.32. The van der Waals surface area contributed by atoms with Gasteiger partial charge in [0, 0.05) is 12.6 Å². The number of benzene rings is 1. The fourth-order valence-corrected chi connectivity index (χ4v) is 2.27. The molecule has 0 aliphatic carbocycles. The highest BCUT2D eigenvalue weighted by Gasteiger charge is 2.33. The van der Waals surface area contributed by atoms with Crippen LogP contribution in [0.25, 0.3) is 0 Å². The molecule has 1 N–H and O–H groups in total. The fraction of sp³-hybridized carbons (Fsp3) is 0.409. The highest BCUT2D eigenvalue weighted by molar-refractivity contribution is 5.89. The van der Waals surface area contributed by atoms with Crippen LogP contribution >= 0.6 is 0 Å². The molecular weight excluding hydrogens is 429 g/mol. The van der Waals surface area contributed by atoms with E-state index in [0.717, 1.165) is 6.07 Å². The molecule has 0 unspecified atom stereocenters. The molecule has 176 valence electrons. The number of alkyl halides is 3. The van der Waals surface area contributed by atoms with Gasteiger partial charge in [-0.15, -0.1) is 0 Å². The van der Waals surface area contributed by atoms with Crippen molar-refractivity contribution in [1.82, 2.24) is 10.3 Å². The first-order chi connectivity index (χ1) is 14.9. The monoisotopic (exact) mass is 456 g/mol. The van der Waals surface area contributed by atoms with E-state index in [-0.39, 0.29) is 29.3 Å². The first kappa shape index (κ1) is 26.7. The summed E-state index contributed by atoms with van der Waals surface area (Å²) >= 11 is 0. The maximum Gasteiger partial charge on any atom is 0.433 e. The summed E-state index contributed by atoms with van der Waals surface area (Å²) in [5.41, 5.74) is -1.68. The maximum atomic E-state index is 13.2. The molecule has 0 fully saturated rings. The number of carbonyl (C=O) groups excluding carboxylic acids is 2. The summed E-state index contributed by atoms with van der Waals surface area (Å²) in [5.74, 6) is -0.886. The van der Waals surface area contributed by atoms with Gasteiger partial charge in [-0.2, -0.15) is 13.2 Å². The third-order valence-electron chi connectivity index (χ3n) is 3.47. The van der Waals surface area contributed by atoms with Gasteiger partial charge in [0.25, 0.3) is 0 Å². The van der Waals surface area contributed by atoms with E-state index in [4.69, 9.17) is 9.47 Å². The van der Waals surface area contributed by atoms with Crippen molar-refractivity contribution in [3.05, 3.63) is 53.2 Å². The van der Waals surface area contributed by atoms with Gasteiger partial charge in [-0.3, -0.25) is 0 Å². The first-order valence-electron chi connectivity index (χ1n) is 9.78. The van der Waals surface area contributed by atoms with Crippen LogP contribution in [0.2, 0.25) is 0 Å². The summed E-state index contributed by atoms with van der Waals surface area (Å²) in [6.45, 7) is 8.75. The zero-order valence-electron chi connectivity index (χ0n) is 18.8. The minimum Gasteiger partial charge on any atom is -0.465 e. The van der Waals surface area contributed by atoms with E-state index in [9.17, 15) is 22.8 Å². The second-order valence-electron chi connectivity index (χ2n) is 7.17. The van der Waals surface area contributed by atoms with E-state index in [1.54, 1.807) is 20.8 Å². The van der Waals surface area contributed by atoms with Crippen molar-refractivity contribution >= 4 is 12.1 Å². The number of alkyl carbamates (subject to hydrolysis) is 1. The van der Waals surface area contributed by atoms with E-state index in [0.29, 0.717) is 0 Å². The molecule has 2 rings (SSSR count). The van der Waals surface area contributed by atoms with E-state index >= 15 is 0 Å². The fourth-order valence-electron chi connectivity index (χ4n) is 2.27. The van der Waals surface area contributed by atoms with Crippen LogP contribution in [0.5, 0.6) is 11.6 Å². The van der Waals surface area contributed by atoms with Crippen LogP contribution in [0.3, 0.4) is 0 Å². The molecule has 32 heavy (non-hydrogen) atoms. The van der Waals surface area contributed by atoms with Crippen LogP contribution in [0.15, 0.2) is 36.4 Å². The minimum atomic E-state index is -4.73. The van der Waals surface area contributed by atoms with E-state index in [2.05, 4.69) is 15.0 Å². The van der Waals surface area contributed by atoms with Gasteiger partial charge in [0.05, 0.1) is 12.7 Å². The Morgan fingerprint density at radius 3 is 2.28 bits per heavy atom. The molecule has 1 amide bonds. The Kier molecular flexibility index (Phi) is 9.49. The van der Waals surface area contributed by atoms with Crippen LogP contribution in [-0.4, -0.2) is 29.8 Å². The normalized spacial score (nSPS) is 11.0. The predicted molar refractivity (Wildman–Crippen MR) is 112 cm³/mol. The van der Waals surface area contributed by atoms with Crippen molar-refractivity contribution in [1.29, 1.82) is 0 Å². The summed E-state index contributed by atoms with van der Waals surface area (Å²) < 4.78 is 54.8. The van der Waals surface area contributed by atoms with Gasteiger partial charge < -0.3 is 19.5 Å². The first-order valence-corrected chi connectivity index (χ1v) is 9.78. The van der Waals surface area contributed by atoms with E-state index in [1.165, 1.54) is 37.4 Å². The number of nitrogens with zero attached hydrogens (tertiary/aromatic N) is 1. The molecule has 0 bridgehead atoms. The van der Waals surface area contributed by atoms with Gasteiger partial charge in [-0.1, -0.05) is 19.9 Å². The molecular formula is C22H27F3N2O5. The second kappa shape index (κ2) is 11.4. The Morgan fingerprint density at radius 1 is 1.06 bits per heavy atom. The van der Waals surface area contributed by atoms with Gasteiger partial charge >= 0.3 is 18.2 Å². The van der Waals surface area contributed by atoms with Crippen LogP contribution in [0.1, 0.15) is 56.2 Å². The number of aromatic nitrogens is 1. The molecule has 0 radical (unpaired) electrons. The Hall–Kier alpha value is -3.30. The second-order valence-corrected chi connectivity index (χ2v) is 7.17. The molecule has 0 atom stereocenters. The number of methoxy groups -OCH3 is 1. The molecule has 0 aliphatic rings. The standard InChI is InChI=1S/C20H21F3N2O5.C2H6/c1-19(2,3)30-18(27)24-11-12-8-15(20(21,22)23)25-16(9-12)29-14-7-5-6-13(10-14)17(26)28-4;1-2/h5-10H,11H2,1-4H3,(H,24,27);1-2H3. The lowest BCUT2D eigenvalue weighted by atomic mass is 10.2. The zero-order valence-corrected chi connectivity index (χ0v) is 18.8. The lowest BCUT2D eigenvalue weighted by Gasteiger charge is -2.20. The molecule has 1 heterocycles. The molecule has 1 aromatic heterocycles. The number of nitrogens with one attached hydrogen (secondary N) is 1.